The first-order chi connectivity index (χ1) is 14.5. The molecule has 0 unspecified atom stereocenters. The standard InChI is InChI=1S/C22H21N5O3/c1-13-9-10-19(30-4)17(11-13)24-22(28)20-14(2)27-21(26-25-20)16(12-23-27)15-7-5-6-8-18(15)29-3/h5-12H,1-4H3,(H,24,28). The summed E-state index contributed by atoms with van der Waals surface area (Å²) in [5.74, 6) is 0.888. The van der Waals surface area contributed by atoms with E-state index in [2.05, 4.69) is 20.6 Å². The molecule has 4 aromatic rings. The molecule has 1 amide bonds. The van der Waals surface area contributed by atoms with E-state index >= 15 is 0 Å². The number of hydrogen-bond acceptors (Lipinski definition) is 6. The van der Waals surface area contributed by atoms with Crippen LogP contribution in [-0.4, -0.2) is 39.9 Å². The molecule has 0 bridgehead atoms. The van der Waals surface area contributed by atoms with Gasteiger partial charge < -0.3 is 14.8 Å². The monoisotopic (exact) mass is 403 g/mol. The van der Waals surface area contributed by atoms with Crippen LogP contribution in [0.3, 0.4) is 0 Å². The molecule has 4 rings (SSSR count). The molecule has 0 fully saturated rings. The number of para-hydroxylation sites is 1. The molecule has 0 atom stereocenters. The predicted molar refractivity (Wildman–Crippen MR) is 113 cm³/mol. The molecule has 8 nitrogen and oxygen atoms in total. The van der Waals surface area contributed by atoms with Crippen LogP contribution < -0.4 is 14.8 Å². The molecule has 0 aliphatic rings. The first kappa shape index (κ1) is 19.4. The average molecular weight is 403 g/mol. The maximum Gasteiger partial charge on any atom is 0.278 e. The van der Waals surface area contributed by atoms with E-state index < -0.39 is 0 Å². The number of carbonyl (C=O) groups excluding carboxylic acids is 1. The zero-order valence-electron chi connectivity index (χ0n) is 17.1. The Morgan fingerprint density at radius 2 is 1.73 bits per heavy atom. The fraction of sp³-hybridized carbons (Fsp3) is 0.182. The topological polar surface area (TPSA) is 90.6 Å². The van der Waals surface area contributed by atoms with Gasteiger partial charge in [-0.25, -0.2) is 4.52 Å². The van der Waals surface area contributed by atoms with Gasteiger partial charge in [-0.15, -0.1) is 10.2 Å². The van der Waals surface area contributed by atoms with E-state index in [0.29, 0.717) is 28.5 Å². The lowest BCUT2D eigenvalue weighted by atomic mass is 10.1. The number of carbonyl (C=O) groups is 1. The molecular formula is C22H21N5O3. The minimum atomic E-state index is -0.389. The Hall–Kier alpha value is -3.94. The van der Waals surface area contributed by atoms with Crippen LogP contribution in [0, 0.1) is 13.8 Å². The molecule has 152 valence electrons. The Labute approximate surface area is 173 Å². The molecule has 2 aromatic heterocycles. The maximum atomic E-state index is 12.9. The van der Waals surface area contributed by atoms with Gasteiger partial charge in [0.15, 0.2) is 11.3 Å². The van der Waals surface area contributed by atoms with Gasteiger partial charge in [-0.3, -0.25) is 4.79 Å². The SMILES string of the molecule is COc1ccc(C)cc1NC(=O)c1nnc2c(-c3ccccc3OC)cnn2c1C. The highest BCUT2D eigenvalue weighted by Gasteiger charge is 2.20. The van der Waals surface area contributed by atoms with Crippen LogP contribution in [0.25, 0.3) is 16.8 Å². The molecule has 0 spiro atoms. The van der Waals surface area contributed by atoms with E-state index in [1.165, 1.54) is 0 Å². The van der Waals surface area contributed by atoms with Crippen LogP contribution in [0.5, 0.6) is 11.5 Å². The van der Waals surface area contributed by atoms with Crippen molar-refractivity contribution in [3.05, 3.63) is 65.6 Å². The van der Waals surface area contributed by atoms with E-state index in [9.17, 15) is 4.79 Å². The summed E-state index contributed by atoms with van der Waals surface area (Å²) in [5, 5.41) is 15.7. The smallest absolute Gasteiger partial charge is 0.278 e. The van der Waals surface area contributed by atoms with Crippen molar-refractivity contribution in [2.24, 2.45) is 0 Å². The van der Waals surface area contributed by atoms with Crippen LogP contribution in [-0.2, 0) is 0 Å². The first-order valence-corrected chi connectivity index (χ1v) is 9.34. The van der Waals surface area contributed by atoms with Gasteiger partial charge in [0.1, 0.15) is 11.5 Å². The fourth-order valence-corrected chi connectivity index (χ4v) is 3.32. The number of rotatable bonds is 5. The number of anilines is 1. The highest BCUT2D eigenvalue weighted by molar-refractivity contribution is 6.04. The van der Waals surface area contributed by atoms with Gasteiger partial charge in [-0.1, -0.05) is 24.3 Å². The van der Waals surface area contributed by atoms with E-state index in [4.69, 9.17) is 9.47 Å². The number of nitrogens with zero attached hydrogens (tertiary/aromatic N) is 4. The summed E-state index contributed by atoms with van der Waals surface area (Å²) < 4.78 is 12.4. The van der Waals surface area contributed by atoms with Crippen molar-refractivity contribution in [1.29, 1.82) is 0 Å². The van der Waals surface area contributed by atoms with Crippen molar-refractivity contribution in [1.82, 2.24) is 19.8 Å². The zero-order chi connectivity index (χ0) is 21.3. The number of aryl methyl sites for hydroxylation is 2. The third-order valence-corrected chi connectivity index (χ3v) is 4.86. The highest BCUT2D eigenvalue weighted by Crippen LogP contribution is 2.32. The molecule has 0 saturated heterocycles. The second-order valence-electron chi connectivity index (χ2n) is 6.79. The normalized spacial score (nSPS) is 10.8. The van der Waals surface area contributed by atoms with Crippen molar-refractivity contribution in [2.45, 2.75) is 13.8 Å². The highest BCUT2D eigenvalue weighted by atomic mass is 16.5. The van der Waals surface area contributed by atoms with Gasteiger partial charge in [0.2, 0.25) is 0 Å². The summed E-state index contributed by atoms with van der Waals surface area (Å²) in [5.41, 5.74) is 4.49. The number of ether oxygens (including phenoxy) is 2. The quantitative estimate of drug-likeness (QED) is 0.547. The number of hydrogen-bond donors (Lipinski definition) is 1. The largest absolute Gasteiger partial charge is 0.496 e. The van der Waals surface area contributed by atoms with Crippen LogP contribution in [0.4, 0.5) is 5.69 Å². The zero-order valence-corrected chi connectivity index (χ0v) is 17.1. The Kier molecular flexibility index (Phi) is 5.05. The Morgan fingerprint density at radius 3 is 2.50 bits per heavy atom. The molecule has 1 N–H and O–H groups in total. The van der Waals surface area contributed by atoms with E-state index in [1.807, 2.05) is 43.3 Å². The summed E-state index contributed by atoms with van der Waals surface area (Å²) in [6.45, 7) is 3.72. The summed E-state index contributed by atoms with van der Waals surface area (Å²) in [4.78, 5) is 12.9. The lowest BCUT2D eigenvalue weighted by Gasteiger charge is -2.12. The number of benzene rings is 2. The van der Waals surface area contributed by atoms with Gasteiger partial charge in [0, 0.05) is 5.56 Å². The van der Waals surface area contributed by atoms with E-state index in [-0.39, 0.29) is 11.6 Å². The van der Waals surface area contributed by atoms with Crippen LogP contribution >= 0.6 is 0 Å². The maximum absolute atomic E-state index is 12.9. The van der Waals surface area contributed by atoms with Gasteiger partial charge >= 0.3 is 0 Å². The Balaban J connectivity index is 1.73. The number of amides is 1. The van der Waals surface area contributed by atoms with Crippen LogP contribution in [0.15, 0.2) is 48.7 Å². The molecule has 0 aliphatic carbocycles. The van der Waals surface area contributed by atoms with E-state index in [0.717, 1.165) is 16.7 Å². The second kappa shape index (κ2) is 7.82. The summed E-state index contributed by atoms with van der Waals surface area (Å²) in [6, 6.07) is 13.2. The van der Waals surface area contributed by atoms with Crippen molar-refractivity contribution in [3.8, 4) is 22.6 Å². The number of methoxy groups -OCH3 is 2. The van der Waals surface area contributed by atoms with E-state index in [1.54, 1.807) is 37.9 Å². The van der Waals surface area contributed by atoms with Gasteiger partial charge in [0.05, 0.1) is 37.4 Å². The van der Waals surface area contributed by atoms with Gasteiger partial charge in [-0.05, 0) is 37.6 Å². The van der Waals surface area contributed by atoms with Crippen molar-refractivity contribution in [3.63, 3.8) is 0 Å². The third kappa shape index (κ3) is 3.32. The number of fused-ring (bicyclic) bond motifs is 1. The molecule has 0 aliphatic heterocycles. The van der Waals surface area contributed by atoms with Gasteiger partial charge in [0.25, 0.3) is 5.91 Å². The minimum absolute atomic E-state index is 0.181. The number of aromatic nitrogens is 4. The molecule has 0 saturated carbocycles. The molecule has 30 heavy (non-hydrogen) atoms. The molecule has 2 heterocycles. The third-order valence-electron chi connectivity index (χ3n) is 4.86. The number of nitrogens with one attached hydrogen (secondary N) is 1. The molecule has 8 heteroatoms. The lowest BCUT2D eigenvalue weighted by molar-refractivity contribution is 0.101. The van der Waals surface area contributed by atoms with Crippen LogP contribution in [0.1, 0.15) is 21.7 Å². The Morgan fingerprint density at radius 1 is 0.967 bits per heavy atom. The molecule has 2 aromatic carbocycles. The summed E-state index contributed by atoms with van der Waals surface area (Å²) >= 11 is 0. The molecular weight excluding hydrogens is 382 g/mol. The fourth-order valence-electron chi connectivity index (χ4n) is 3.32. The first-order valence-electron chi connectivity index (χ1n) is 9.34. The average Bonchev–Trinajstić information content (AvgIpc) is 3.19. The van der Waals surface area contributed by atoms with Gasteiger partial charge in [-0.2, -0.15) is 5.10 Å². The van der Waals surface area contributed by atoms with Crippen molar-refractivity contribution in [2.75, 3.05) is 19.5 Å². The molecule has 0 radical (unpaired) electrons. The minimum Gasteiger partial charge on any atom is -0.496 e. The summed E-state index contributed by atoms with van der Waals surface area (Å²) in [7, 11) is 3.17. The van der Waals surface area contributed by atoms with Crippen molar-refractivity contribution < 1.29 is 14.3 Å². The van der Waals surface area contributed by atoms with Crippen LogP contribution in [0.2, 0.25) is 0 Å². The van der Waals surface area contributed by atoms with Crippen molar-refractivity contribution >= 4 is 17.2 Å². The lowest BCUT2D eigenvalue weighted by Crippen LogP contribution is -2.19. The second-order valence-corrected chi connectivity index (χ2v) is 6.79. The Bertz CT molecular complexity index is 1250. The summed E-state index contributed by atoms with van der Waals surface area (Å²) in [6.07, 6.45) is 1.69. The predicted octanol–water partition coefficient (Wildman–Crippen LogP) is 3.68.